The van der Waals surface area contributed by atoms with Gasteiger partial charge in [-0.3, -0.25) is 0 Å². The van der Waals surface area contributed by atoms with Crippen molar-refractivity contribution in [2.75, 3.05) is 10.6 Å². The highest BCUT2D eigenvalue weighted by Crippen LogP contribution is 2.51. The molecule has 6 aromatic rings. The summed E-state index contributed by atoms with van der Waals surface area (Å²) in [5.41, 5.74) is 25.9. The minimum atomic E-state index is 0.813. The van der Waals surface area contributed by atoms with Crippen LogP contribution in [0.1, 0.15) is 61.1 Å². The average molecular weight is 629 g/mol. The van der Waals surface area contributed by atoms with Gasteiger partial charge in [0.25, 0.3) is 0 Å². The normalized spacial score (nSPS) is 11.1. The van der Waals surface area contributed by atoms with Crippen LogP contribution >= 0.6 is 0 Å². The summed E-state index contributed by atoms with van der Waals surface area (Å²) in [6, 6.07) is 44.8. The predicted octanol–water partition coefficient (Wildman–Crippen LogP) is 12.6. The molecule has 0 heterocycles. The monoisotopic (exact) mass is 628 g/mol. The van der Waals surface area contributed by atoms with E-state index in [1.807, 2.05) is 6.07 Å². The number of aryl methyl sites for hydroxylation is 5. The van der Waals surface area contributed by atoms with Crippen molar-refractivity contribution < 1.29 is 0 Å². The van der Waals surface area contributed by atoms with Gasteiger partial charge in [0.15, 0.2) is 0 Å². The van der Waals surface area contributed by atoms with Crippen molar-refractivity contribution >= 4 is 22.7 Å². The molecule has 0 aliphatic heterocycles. The molecule has 6 rings (SSSR count). The molecular formula is C46H48N2. The molecule has 0 amide bonds. The van der Waals surface area contributed by atoms with E-state index in [2.05, 4.69) is 162 Å². The highest BCUT2D eigenvalue weighted by atomic mass is 15.2. The fourth-order valence-electron chi connectivity index (χ4n) is 7.07. The molecule has 6 aromatic carbocycles. The topological polar surface area (TPSA) is 29.3 Å². The number of anilines is 4. The minimum absolute atomic E-state index is 0.813. The Hall–Kier alpha value is -5.08. The highest BCUT2D eigenvalue weighted by Gasteiger charge is 2.27. The smallest absolute Gasteiger partial charge is 0.0576 e. The molecule has 0 unspecified atom stereocenters. The van der Waals surface area contributed by atoms with Gasteiger partial charge in [0.1, 0.15) is 0 Å². The fourth-order valence-corrected chi connectivity index (χ4v) is 7.07. The molecule has 48 heavy (non-hydrogen) atoms. The van der Waals surface area contributed by atoms with Crippen LogP contribution in [0.25, 0.3) is 33.4 Å². The number of benzene rings is 6. The lowest BCUT2D eigenvalue weighted by Gasteiger charge is -2.34. The summed E-state index contributed by atoms with van der Waals surface area (Å²) >= 11 is 0. The second-order valence-corrected chi connectivity index (χ2v) is 12.8. The molecule has 0 saturated heterocycles. The van der Waals surface area contributed by atoms with E-state index in [9.17, 15) is 0 Å². The summed E-state index contributed by atoms with van der Waals surface area (Å²) in [4.78, 5) is 2.58. The number of hydrogen-bond donors (Lipinski definition) is 1. The summed E-state index contributed by atoms with van der Waals surface area (Å²) in [7, 11) is 0. The molecule has 0 aliphatic rings. The Morgan fingerprint density at radius 3 is 1.54 bits per heavy atom. The molecule has 2 N–H and O–H groups in total. The Kier molecular flexibility index (Phi) is 9.82. The van der Waals surface area contributed by atoms with Crippen LogP contribution in [0, 0.1) is 13.8 Å². The molecule has 0 radical (unpaired) electrons. The highest BCUT2D eigenvalue weighted by molar-refractivity contribution is 6.00. The Bertz CT molecular complexity index is 1980. The van der Waals surface area contributed by atoms with Crippen LogP contribution in [0.4, 0.5) is 22.7 Å². The van der Waals surface area contributed by atoms with Gasteiger partial charge < -0.3 is 10.6 Å². The van der Waals surface area contributed by atoms with Gasteiger partial charge in [-0.15, -0.1) is 0 Å². The number of nitrogens with zero attached hydrogens (tertiary/aromatic N) is 1. The van der Waals surface area contributed by atoms with E-state index in [4.69, 9.17) is 5.73 Å². The zero-order chi connectivity index (χ0) is 33.8. The van der Waals surface area contributed by atoms with Gasteiger partial charge >= 0.3 is 0 Å². The summed E-state index contributed by atoms with van der Waals surface area (Å²) in [5, 5.41) is 0. The van der Waals surface area contributed by atoms with E-state index in [0.717, 1.165) is 36.9 Å². The van der Waals surface area contributed by atoms with Crippen LogP contribution in [-0.2, 0) is 25.7 Å². The molecule has 0 aromatic heterocycles. The summed E-state index contributed by atoms with van der Waals surface area (Å²) in [6.45, 7) is 13.5. The Balaban J connectivity index is 1.80. The quantitative estimate of drug-likeness (QED) is 0.153. The van der Waals surface area contributed by atoms with Crippen molar-refractivity contribution in [3.63, 3.8) is 0 Å². The maximum atomic E-state index is 6.35. The fraction of sp³-hybridized carbons (Fsp3) is 0.217. The molecule has 0 spiro atoms. The lowest BCUT2D eigenvalue weighted by molar-refractivity contribution is 1.05. The third-order valence-corrected chi connectivity index (χ3v) is 9.84. The lowest BCUT2D eigenvalue weighted by atomic mass is 9.84. The van der Waals surface area contributed by atoms with Crippen LogP contribution in [-0.4, -0.2) is 0 Å². The van der Waals surface area contributed by atoms with Crippen molar-refractivity contribution in [3.8, 4) is 33.4 Å². The predicted molar refractivity (Wildman–Crippen MR) is 209 cm³/mol. The molecule has 0 saturated carbocycles. The first kappa shape index (κ1) is 32.8. The lowest BCUT2D eigenvalue weighted by Crippen LogP contribution is -2.17. The summed E-state index contributed by atoms with van der Waals surface area (Å²) < 4.78 is 0. The van der Waals surface area contributed by atoms with E-state index in [0.29, 0.717) is 0 Å². The molecule has 0 bridgehead atoms. The van der Waals surface area contributed by atoms with Crippen LogP contribution in [0.15, 0.2) is 121 Å². The van der Waals surface area contributed by atoms with Gasteiger partial charge in [-0.05, 0) is 131 Å². The zero-order valence-electron chi connectivity index (χ0n) is 29.4. The van der Waals surface area contributed by atoms with Crippen molar-refractivity contribution in [1.82, 2.24) is 0 Å². The first-order chi connectivity index (χ1) is 23.4. The standard InChI is InChI=1S/C46H48N2/c1-7-33-21-25-43(35(9-3)28-33)48(44-26-22-34(8-2)29-36(44)10-4)46-32(6)45(38-19-15-12-16-20-38)40(39-23-24-42(47)31(5)27-39)30-41(46)37-17-13-11-14-18-37/h11-30H,7-10,47H2,1-6H3. The van der Waals surface area contributed by atoms with Crippen LogP contribution in [0.5, 0.6) is 0 Å². The Morgan fingerprint density at radius 1 is 0.500 bits per heavy atom. The first-order valence-corrected chi connectivity index (χ1v) is 17.6. The zero-order valence-corrected chi connectivity index (χ0v) is 29.4. The maximum Gasteiger partial charge on any atom is 0.0576 e. The molecule has 0 fully saturated rings. The van der Waals surface area contributed by atoms with E-state index < -0.39 is 0 Å². The Labute approximate surface area is 287 Å². The van der Waals surface area contributed by atoms with Crippen LogP contribution in [0.2, 0.25) is 0 Å². The third kappa shape index (κ3) is 6.28. The maximum absolute atomic E-state index is 6.35. The van der Waals surface area contributed by atoms with Gasteiger partial charge in [-0.1, -0.05) is 119 Å². The summed E-state index contributed by atoms with van der Waals surface area (Å²) in [6.07, 6.45) is 3.92. The average Bonchev–Trinajstić information content (AvgIpc) is 3.14. The van der Waals surface area contributed by atoms with E-state index in [1.54, 1.807) is 0 Å². The molecular weight excluding hydrogens is 581 g/mol. The SMILES string of the molecule is CCc1ccc(N(c2ccc(CC)cc2CC)c2c(-c3ccccc3)cc(-c3ccc(N)c(C)c3)c(-c3ccccc3)c2C)c(CC)c1. The largest absolute Gasteiger partial charge is 0.399 e. The Morgan fingerprint density at radius 2 is 1.04 bits per heavy atom. The molecule has 0 atom stereocenters. The van der Waals surface area contributed by atoms with Crippen LogP contribution < -0.4 is 10.6 Å². The third-order valence-electron chi connectivity index (χ3n) is 9.84. The van der Waals surface area contributed by atoms with E-state index >= 15 is 0 Å². The van der Waals surface area contributed by atoms with Crippen molar-refractivity contribution in [2.24, 2.45) is 0 Å². The van der Waals surface area contributed by atoms with Gasteiger partial charge in [-0.25, -0.2) is 0 Å². The van der Waals surface area contributed by atoms with Crippen molar-refractivity contribution in [1.29, 1.82) is 0 Å². The number of nitrogen functional groups attached to an aromatic ring is 1. The molecule has 242 valence electrons. The first-order valence-electron chi connectivity index (χ1n) is 17.6. The molecule has 2 heteroatoms. The minimum Gasteiger partial charge on any atom is -0.399 e. The number of rotatable bonds is 10. The van der Waals surface area contributed by atoms with Gasteiger partial charge in [0.2, 0.25) is 0 Å². The van der Waals surface area contributed by atoms with Gasteiger partial charge in [-0.2, -0.15) is 0 Å². The number of hydrogen-bond acceptors (Lipinski definition) is 2. The van der Waals surface area contributed by atoms with Gasteiger partial charge in [0.05, 0.1) is 5.69 Å². The van der Waals surface area contributed by atoms with E-state index in [1.165, 1.54) is 78.3 Å². The summed E-state index contributed by atoms with van der Waals surface area (Å²) in [5.74, 6) is 0. The van der Waals surface area contributed by atoms with Crippen LogP contribution in [0.3, 0.4) is 0 Å². The van der Waals surface area contributed by atoms with Crippen molar-refractivity contribution in [3.05, 3.63) is 155 Å². The second-order valence-electron chi connectivity index (χ2n) is 12.8. The molecule has 0 aliphatic carbocycles. The molecule has 2 nitrogen and oxygen atoms in total. The van der Waals surface area contributed by atoms with Gasteiger partial charge in [0, 0.05) is 22.6 Å². The van der Waals surface area contributed by atoms with E-state index in [-0.39, 0.29) is 0 Å². The second kappa shape index (κ2) is 14.4. The number of nitrogens with two attached hydrogens (primary N) is 1. The van der Waals surface area contributed by atoms with Crippen molar-refractivity contribution in [2.45, 2.75) is 67.2 Å².